The Morgan fingerprint density at radius 1 is 1.00 bits per heavy atom. The maximum Gasteiger partial charge on any atom is 0.294 e. The number of hydrogen-bond acceptors (Lipinski definition) is 4. The zero-order valence-electron chi connectivity index (χ0n) is 19.1. The topological polar surface area (TPSA) is 62.6 Å². The van der Waals surface area contributed by atoms with E-state index < -0.39 is 0 Å². The number of benzene rings is 1. The van der Waals surface area contributed by atoms with Gasteiger partial charge in [0.25, 0.3) is 11.1 Å². The lowest BCUT2D eigenvalue weighted by molar-refractivity contribution is -0.136. The van der Waals surface area contributed by atoms with Crippen LogP contribution in [0.25, 0.3) is 11.8 Å². The number of hydrogen-bond donors (Lipinski definition) is 0. The van der Waals surface area contributed by atoms with Crippen LogP contribution in [0.4, 0.5) is 4.79 Å². The number of rotatable bonds is 4. The molecule has 2 aliphatic rings. The van der Waals surface area contributed by atoms with Crippen molar-refractivity contribution in [3.05, 3.63) is 57.2 Å². The predicted octanol–water partition coefficient (Wildman–Crippen LogP) is 4.76. The number of carbonyl (C=O) groups is 3. The Hall–Kier alpha value is -2.80. The first-order chi connectivity index (χ1) is 15.3. The number of imide groups is 1. The lowest BCUT2D eigenvalue weighted by atomic mass is 10.1. The summed E-state index contributed by atoms with van der Waals surface area (Å²) >= 11 is 0.908. The summed E-state index contributed by atoms with van der Waals surface area (Å²) < 4.78 is 2.16. The minimum absolute atomic E-state index is 0.152. The molecule has 2 aliphatic heterocycles. The van der Waals surface area contributed by atoms with Crippen LogP contribution in [0, 0.1) is 27.7 Å². The largest absolute Gasteiger partial charge is 0.341 e. The number of aryl methyl sites for hydroxylation is 3. The van der Waals surface area contributed by atoms with E-state index in [0.717, 1.165) is 58.6 Å². The molecule has 7 heteroatoms. The molecular formula is C25H29N3O3S. The lowest BCUT2D eigenvalue weighted by Gasteiger charge is -2.27. The summed E-state index contributed by atoms with van der Waals surface area (Å²) in [6.45, 7) is 9.45. The summed E-state index contributed by atoms with van der Waals surface area (Å²) in [7, 11) is 0. The Bertz CT molecular complexity index is 1130. The summed E-state index contributed by atoms with van der Waals surface area (Å²) in [5.41, 5.74) is 6.48. The van der Waals surface area contributed by atoms with E-state index in [9.17, 15) is 14.4 Å². The van der Waals surface area contributed by atoms with Gasteiger partial charge in [-0.1, -0.05) is 6.07 Å². The Balaban J connectivity index is 1.56. The predicted molar refractivity (Wildman–Crippen MR) is 128 cm³/mol. The van der Waals surface area contributed by atoms with Crippen molar-refractivity contribution in [2.75, 3.05) is 19.6 Å². The van der Waals surface area contributed by atoms with Crippen molar-refractivity contribution < 1.29 is 14.4 Å². The van der Waals surface area contributed by atoms with Crippen LogP contribution >= 0.6 is 11.8 Å². The SMILES string of the molecule is Cc1ccc(-n2c(C)cc(C=C3SC(=O)N(CC(=O)N4CCCCC4)C3=O)c2C)cc1C. The first kappa shape index (κ1) is 22.4. The van der Waals surface area contributed by atoms with Gasteiger partial charge in [0.1, 0.15) is 6.54 Å². The molecule has 1 aromatic carbocycles. The highest BCUT2D eigenvalue weighted by Crippen LogP contribution is 2.34. The normalized spacial score (nSPS) is 18.2. The number of carbonyl (C=O) groups excluding carboxylic acids is 3. The first-order valence-corrected chi connectivity index (χ1v) is 11.9. The quantitative estimate of drug-likeness (QED) is 0.629. The smallest absolute Gasteiger partial charge is 0.294 e. The summed E-state index contributed by atoms with van der Waals surface area (Å²) in [4.78, 5) is 41.2. The van der Waals surface area contributed by atoms with Crippen molar-refractivity contribution in [2.24, 2.45) is 0 Å². The third-order valence-electron chi connectivity index (χ3n) is 6.38. The molecule has 0 spiro atoms. The summed E-state index contributed by atoms with van der Waals surface area (Å²) in [5, 5.41) is -0.380. The highest BCUT2D eigenvalue weighted by Gasteiger charge is 2.37. The van der Waals surface area contributed by atoms with Crippen LogP contribution in [0.1, 0.15) is 47.3 Å². The number of piperidine rings is 1. The van der Waals surface area contributed by atoms with Gasteiger partial charge in [0.05, 0.1) is 4.91 Å². The van der Waals surface area contributed by atoms with Crippen LogP contribution in [0.15, 0.2) is 29.2 Å². The highest BCUT2D eigenvalue weighted by atomic mass is 32.2. The molecule has 0 radical (unpaired) electrons. The molecular weight excluding hydrogens is 422 g/mol. The van der Waals surface area contributed by atoms with Crippen LogP contribution in [-0.4, -0.2) is 51.1 Å². The van der Waals surface area contributed by atoms with Crippen LogP contribution in [0.5, 0.6) is 0 Å². The van der Waals surface area contributed by atoms with E-state index in [1.807, 2.05) is 19.9 Å². The van der Waals surface area contributed by atoms with Gasteiger partial charge in [0, 0.05) is 30.2 Å². The fraction of sp³-hybridized carbons (Fsp3) is 0.400. The molecule has 1 aromatic heterocycles. The molecule has 2 aromatic rings. The molecule has 32 heavy (non-hydrogen) atoms. The zero-order valence-corrected chi connectivity index (χ0v) is 19.9. The van der Waals surface area contributed by atoms with Crippen molar-refractivity contribution in [1.82, 2.24) is 14.4 Å². The van der Waals surface area contributed by atoms with Crippen LogP contribution in [0.3, 0.4) is 0 Å². The van der Waals surface area contributed by atoms with Gasteiger partial charge in [0.2, 0.25) is 5.91 Å². The van der Waals surface area contributed by atoms with Gasteiger partial charge in [-0.3, -0.25) is 19.3 Å². The Morgan fingerprint density at radius 2 is 1.72 bits per heavy atom. The molecule has 4 rings (SSSR count). The molecule has 0 aliphatic carbocycles. The van der Waals surface area contributed by atoms with Crippen LogP contribution in [0.2, 0.25) is 0 Å². The standard InChI is InChI=1S/C25H29N3O3S/c1-16-8-9-21(12-17(16)2)28-18(3)13-20(19(28)4)14-22-24(30)27(25(31)32-22)15-23(29)26-10-6-5-7-11-26/h8-9,12-14H,5-7,10-11,15H2,1-4H3. The first-order valence-electron chi connectivity index (χ1n) is 11.1. The van der Waals surface area contributed by atoms with Crippen molar-refractivity contribution in [3.63, 3.8) is 0 Å². The minimum Gasteiger partial charge on any atom is -0.341 e. The van der Waals surface area contributed by atoms with Gasteiger partial charge >= 0.3 is 0 Å². The average molecular weight is 452 g/mol. The van der Waals surface area contributed by atoms with E-state index in [1.165, 1.54) is 11.1 Å². The highest BCUT2D eigenvalue weighted by molar-refractivity contribution is 8.18. The molecule has 0 atom stereocenters. The van der Waals surface area contributed by atoms with Crippen molar-refractivity contribution in [1.29, 1.82) is 0 Å². The number of likely N-dealkylation sites (tertiary alicyclic amines) is 1. The van der Waals surface area contributed by atoms with E-state index in [1.54, 1.807) is 11.0 Å². The maximum absolute atomic E-state index is 12.9. The Morgan fingerprint density at radius 3 is 2.41 bits per heavy atom. The molecule has 0 bridgehead atoms. The number of nitrogens with zero attached hydrogens (tertiary/aromatic N) is 3. The van der Waals surface area contributed by atoms with E-state index in [-0.39, 0.29) is 23.6 Å². The van der Waals surface area contributed by atoms with E-state index >= 15 is 0 Å². The van der Waals surface area contributed by atoms with Crippen molar-refractivity contribution in [3.8, 4) is 5.69 Å². The Labute approximate surface area is 193 Å². The molecule has 2 fully saturated rings. The fourth-order valence-corrected chi connectivity index (χ4v) is 5.18. The zero-order chi connectivity index (χ0) is 23.0. The molecule has 168 valence electrons. The minimum atomic E-state index is -0.388. The maximum atomic E-state index is 12.9. The summed E-state index contributed by atoms with van der Waals surface area (Å²) in [6.07, 6.45) is 4.85. The molecule has 0 unspecified atom stereocenters. The number of amides is 3. The lowest BCUT2D eigenvalue weighted by Crippen LogP contribution is -2.44. The third kappa shape index (κ3) is 4.26. The molecule has 3 heterocycles. The fourth-order valence-electron chi connectivity index (χ4n) is 4.35. The van der Waals surface area contributed by atoms with Gasteiger partial charge in [-0.2, -0.15) is 0 Å². The third-order valence-corrected chi connectivity index (χ3v) is 7.29. The summed E-state index contributed by atoms with van der Waals surface area (Å²) in [5.74, 6) is -0.539. The van der Waals surface area contributed by atoms with Gasteiger partial charge in [0.15, 0.2) is 0 Å². The molecule has 0 N–H and O–H groups in total. The second-order valence-electron chi connectivity index (χ2n) is 8.64. The van der Waals surface area contributed by atoms with Crippen molar-refractivity contribution in [2.45, 2.75) is 47.0 Å². The van der Waals surface area contributed by atoms with E-state index in [0.29, 0.717) is 18.0 Å². The van der Waals surface area contributed by atoms with Crippen LogP contribution in [-0.2, 0) is 9.59 Å². The van der Waals surface area contributed by atoms with E-state index in [2.05, 4.69) is 36.6 Å². The molecule has 3 amide bonds. The Kier molecular flexibility index (Phi) is 6.29. The summed E-state index contributed by atoms with van der Waals surface area (Å²) in [6, 6.07) is 8.37. The average Bonchev–Trinajstić information content (AvgIpc) is 3.20. The van der Waals surface area contributed by atoms with Gasteiger partial charge in [-0.25, -0.2) is 0 Å². The monoisotopic (exact) mass is 451 g/mol. The molecule has 6 nitrogen and oxygen atoms in total. The van der Waals surface area contributed by atoms with Gasteiger partial charge in [-0.15, -0.1) is 0 Å². The molecule has 0 saturated carbocycles. The van der Waals surface area contributed by atoms with Gasteiger partial charge < -0.3 is 9.47 Å². The number of aromatic nitrogens is 1. The second kappa shape index (κ2) is 8.98. The number of thioether (sulfide) groups is 1. The second-order valence-corrected chi connectivity index (χ2v) is 9.63. The van der Waals surface area contributed by atoms with Crippen LogP contribution < -0.4 is 0 Å². The van der Waals surface area contributed by atoms with E-state index in [4.69, 9.17) is 0 Å². The van der Waals surface area contributed by atoms with Gasteiger partial charge in [-0.05, 0) is 99.7 Å². The molecule has 2 saturated heterocycles. The van der Waals surface area contributed by atoms with Crippen molar-refractivity contribution >= 4 is 34.9 Å².